The summed E-state index contributed by atoms with van der Waals surface area (Å²) >= 11 is 0. The molecule has 1 N–H and O–H groups in total. The first-order chi connectivity index (χ1) is 6.57. The van der Waals surface area contributed by atoms with Crippen molar-refractivity contribution < 1.29 is 0 Å². The van der Waals surface area contributed by atoms with E-state index < -0.39 is 0 Å². The van der Waals surface area contributed by atoms with Crippen LogP contribution in [0.2, 0.25) is 0 Å². The predicted molar refractivity (Wildman–Crippen MR) is 64.8 cm³/mol. The molecule has 86 valence electrons. The highest BCUT2D eigenvalue weighted by Crippen LogP contribution is 2.03. The van der Waals surface area contributed by atoms with E-state index in [1.54, 1.807) is 0 Å². The van der Waals surface area contributed by atoms with Crippen LogP contribution < -0.4 is 5.32 Å². The number of rotatable bonds is 8. The van der Waals surface area contributed by atoms with Crippen LogP contribution in [0, 0.1) is 0 Å². The van der Waals surface area contributed by atoms with E-state index in [0.717, 1.165) is 6.54 Å². The van der Waals surface area contributed by atoms with Gasteiger partial charge in [0.25, 0.3) is 0 Å². The van der Waals surface area contributed by atoms with E-state index >= 15 is 0 Å². The van der Waals surface area contributed by atoms with Crippen molar-refractivity contribution in [3.8, 4) is 0 Å². The Labute approximate surface area is 90.1 Å². The molecule has 2 nitrogen and oxygen atoms in total. The van der Waals surface area contributed by atoms with E-state index in [2.05, 4.69) is 45.0 Å². The minimum Gasteiger partial charge on any atom is -0.315 e. The first kappa shape index (κ1) is 13.9. The molecule has 0 aromatic heterocycles. The Balaban J connectivity index is 3.28. The fraction of sp³-hybridized carbons (Fsp3) is 1.00. The molecule has 1 unspecified atom stereocenters. The summed E-state index contributed by atoms with van der Waals surface area (Å²) in [6.07, 6.45) is 3.97. The Kier molecular flexibility index (Phi) is 8.20. The summed E-state index contributed by atoms with van der Waals surface area (Å²) in [6, 6.07) is 1.37. The average Bonchev–Trinajstić information content (AvgIpc) is 2.12. The Morgan fingerprint density at radius 3 is 2.29 bits per heavy atom. The van der Waals surface area contributed by atoms with Crippen molar-refractivity contribution in [1.29, 1.82) is 0 Å². The van der Waals surface area contributed by atoms with Crippen LogP contribution in [0.5, 0.6) is 0 Å². The van der Waals surface area contributed by atoms with Gasteiger partial charge >= 0.3 is 0 Å². The van der Waals surface area contributed by atoms with Gasteiger partial charge in [-0.15, -0.1) is 0 Å². The lowest BCUT2D eigenvalue weighted by Crippen LogP contribution is -2.28. The highest BCUT2D eigenvalue weighted by atomic mass is 15.1. The number of hydrogen-bond acceptors (Lipinski definition) is 2. The average molecular weight is 200 g/mol. The van der Waals surface area contributed by atoms with Crippen molar-refractivity contribution in [3.05, 3.63) is 0 Å². The largest absolute Gasteiger partial charge is 0.315 e. The van der Waals surface area contributed by atoms with Gasteiger partial charge in [0, 0.05) is 12.1 Å². The topological polar surface area (TPSA) is 15.3 Å². The Morgan fingerprint density at radius 1 is 1.14 bits per heavy atom. The number of hydrogen-bond donors (Lipinski definition) is 1. The van der Waals surface area contributed by atoms with Crippen LogP contribution >= 0.6 is 0 Å². The van der Waals surface area contributed by atoms with Crippen LogP contribution in [0.1, 0.15) is 47.0 Å². The van der Waals surface area contributed by atoms with Gasteiger partial charge in [-0.25, -0.2) is 0 Å². The van der Waals surface area contributed by atoms with Gasteiger partial charge in [-0.3, -0.25) is 0 Å². The molecule has 14 heavy (non-hydrogen) atoms. The Bertz CT molecular complexity index is 123. The second-order valence-corrected chi connectivity index (χ2v) is 4.53. The molecule has 0 aromatic carbocycles. The molecule has 0 aliphatic carbocycles. The number of nitrogens with zero attached hydrogens (tertiary/aromatic N) is 1. The minimum absolute atomic E-state index is 0.682. The summed E-state index contributed by atoms with van der Waals surface area (Å²) in [4.78, 5) is 2.41. The minimum atomic E-state index is 0.682. The van der Waals surface area contributed by atoms with Crippen molar-refractivity contribution in [2.24, 2.45) is 0 Å². The van der Waals surface area contributed by atoms with Gasteiger partial charge in [-0.05, 0) is 53.8 Å². The molecule has 0 rings (SSSR count). The molecule has 0 aromatic rings. The van der Waals surface area contributed by atoms with Gasteiger partial charge in [0.2, 0.25) is 0 Å². The summed E-state index contributed by atoms with van der Waals surface area (Å²) in [6.45, 7) is 11.3. The lowest BCUT2D eigenvalue weighted by molar-refractivity contribution is 0.266. The second-order valence-electron chi connectivity index (χ2n) is 4.53. The summed E-state index contributed by atoms with van der Waals surface area (Å²) in [5.74, 6) is 0. The first-order valence-corrected chi connectivity index (χ1v) is 6.01. The SMILES string of the molecule is CCNC(C)CCCCN(C)C(C)C. The van der Waals surface area contributed by atoms with E-state index in [9.17, 15) is 0 Å². The second kappa shape index (κ2) is 8.25. The van der Waals surface area contributed by atoms with Crippen molar-refractivity contribution in [2.75, 3.05) is 20.1 Å². The van der Waals surface area contributed by atoms with Crippen LogP contribution in [-0.4, -0.2) is 37.1 Å². The van der Waals surface area contributed by atoms with E-state index in [-0.39, 0.29) is 0 Å². The van der Waals surface area contributed by atoms with E-state index in [4.69, 9.17) is 0 Å². The van der Waals surface area contributed by atoms with Crippen molar-refractivity contribution >= 4 is 0 Å². The van der Waals surface area contributed by atoms with Crippen molar-refractivity contribution in [1.82, 2.24) is 10.2 Å². The maximum atomic E-state index is 3.44. The molecular formula is C12H28N2. The summed E-state index contributed by atoms with van der Waals surface area (Å²) < 4.78 is 0. The van der Waals surface area contributed by atoms with Crippen molar-refractivity contribution in [3.63, 3.8) is 0 Å². The molecule has 2 heteroatoms. The lowest BCUT2D eigenvalue weighted by Gasteiger charge is -2.21. The van der Waals surface area contributed by atoms with Gasteiger partial charge in [-0.1, -0.05) is 13.3 Å². The van der Waals surface area contributed by atoms with Crippen LogP contribution in [-0.2, 0) is 0 Å². The van der Waals surface area contributed by atoms with Gasteiger partial charge < -0.3 is 10.2 Å². The molecule has 0 bridgehead atoms. The maximum Gasteiger partial charge on any atom is 0.00386 e. The third kappa shape index (κ3) is 7.34. The third-order valence-corrected chi connectivity index (χ3v) is 2.83. The van der Waals surface area contributed by atoms with Crippen LogP contribution in [0.25, 0.3) is 0 Å². The molecule has 0 aliphatic rings. The van der Waals surface area contributed by atoms with E-state index in [1.807, 2.05) is 0 Å². The van der Waals surface area contributed by atoms with Crippen LogP contribution in [0.3, 0.4) is 0 Å². The summed E-state index contributed by atoms with van der Waals surface area (Å²) in [7, 11) is 2.21. The normalized spacial score (nSPS) is 13.9. The predicted octanol–water partition coefficient (Wildman–Crippen LogP) is 2.49. The quantitative estimate of drug-likeness (QED) is 0.606. The molecule has 0 fully saturated rings. The molecule has 1 atom stereocenters. The fourth-order valence-electron chi connectivity index (χ4n) is 1.52. The zero-order chi connectivity index (χ0) is 11.0. The highest BCUT2D eigenvalue weighted by Gasteiger charge is 2.03. The van der Waals surface area contributed by atoms with Crippen LogP contribution in [0.15, 0.2) is 0 Å². The molecule has 0 amide bonds. The zero-order valence-electron chi connectivity index (χ0n) is 10.6. The molecule has 0 spiro atoms. The molecule has 0 saturated heterocycles. The molecule has 0 aliphatic heterocycles. The number of nitrogens with one attached hydrogen (secondary N) is 1. The molecular weight excluding hydrogens is 172 g/mol. The Hall–Kier alpha value is -0.0800. The zero-order valence-corrected chi connectivity index (χ0v) is 10.6. The summed E-state index contributed by atoms with van der Waals surface area (Å²) in [5.41, 5.74) is 0. The summed E-state index contributed by atoms with van der Waals surface area (Å²) in [5, 5.41) is 3.44. The Morgan fingerprint density at radius 2 is 1.79 bits per heavy atom. The van der Waals surface area contributed by atoms with Gasteiger partial charge in [-0.2, -0.15) is 0 Å². The maximum absolute atomic E-state index is 3.44. The van der Waals surface area contributed by atoms with E-state index in [1.165, 1.54) is 25.8 Å². The van der Waals surface area contributed by atoms with Gasteiger partial charge in [0.1, 0.15) is 0 Å². The van der Waals surface area contributed by atoms with Crippen LogP contribution in [0.4, 0.5) is 0 Å². The third-order valence-electron chi connectivity index (χ3n) is 2.83. The smallest absolute Gasteiger partial charge is 0.00386 e. The first-order valence-electron chi connectivity index (χ1n) is 6.01. The number of unbranched alkanes of at least 4 members (excludes halogenated alkanes) is 1. The standard InChI is InChI=1S/C12H28N2/c1-6-13-12(4)9-7-8-10-14(5)11(2)3/h11-13H,6-10H2,1-5H3. The highest BCUT2D eigenvalue weighted by molar-refractivity contribution is 4.61. The fourth-order valence-corrected chi connectivity index (χ4v) is 1.52. The van der Waals surface area contributed by atoms with Crippen molar-refractivity contribution in [2.45, 2.75) is 59.0 Å². The molecule has 0 heterocycles. The lowest BCUT2D eigenvalue weighted by atomic mass is 10.1. The monoisotopic (exact) mass is 200 g/mol. The van der Waals surface area contributed by atoms with Gasteiger partial charge in [0.05, 0.1) is 0 Å². The molecule has 0 radical (unpaired) electrons. The molecule has 0 saturated carbocycles. The van der Waals surface area contributed by atoms with Gasteiger partial charge in [0.15, 0.2) is 0 Å². The van der Waals surface area contributed by atoms with E-state index in [0.29, 0.717) is 12.1 Å².